The maximum atomic E-state index is 13.6. The molecule has 2 aliphatic carbocycles. The summed E-state index contributed by atoms with van der Waals surface area (Å²) < 4.78 is 29.2. The van der Waals surface area contributed by atoms with Gasteiger partial charge in [0.05, 0.1) is 16.9 Å². The third-order valence-electron chi connectivity index (χ3n) is 7.12. The first-order valence-corrected chi connectivity index (χ1v) is 12.8. The van der Waals surface area contributed by atoms with E-state index in [2.05, 4.69) is 15.6 Å². The van der Waals surface area contributed by atoms with Crippen molar-refractivity contribution in [2.45, 2.75) is 69.4 Å². The number of carbonyl (C=O) groups is 1. The first-order chi connectivity index (χ1) is 17.2. The molecule has 2 aliphatic rings. The van der Waals surface area contributed by atoms with Gasteiger partial charge in [0.15, 0.2) is 5.65 Å². The van der Waals surface area contributed by atoms with E-state index in [-0.39, 0.29) is 36.8 Å². The summed E-state index contributed by atoms with van der Waals surface area (Å²) in [5.74, 6) is -2.10. The van der Waals surface area contributed by atoms with E-state index in [9.17, 15) is 13.6 Å². The average molecular weight is 538 g/mol. The fraction of sp³-hybridized carbons (Fsp3) is 0.500. The van der Waals surface area contributed by atoms with Crippen LogP contribution in [0.3, 0.4) is 0 Å². The van der Waals surface area contributed by atoms with Gasteiger partial charge in [0, 0.05) is 35.9 Å². The van der Waals surface area contributed by atoms with E-state index in [0.29, 0.717) is 64.5 Å². The van der Waals surface area contributed by atoms with Crippen LogP contribution in [0.25, 0.3) is 11.2 Å². The quantitative estimate of drug-likeness (QED) is 0.351. The van der Waals surface area contributed by atoms with E-state index >= 15 is 0 Å². The number of nitrogens with one attached hydrogen (secondary N) is 2. The molecule has 0 unspecified atom stereocenters. The Morgan fingerprint density at radius 1 is 1.08 bits per heavy atom. The number of primary amides is 1. The number of nitrogens with zero attached hydrogens (tertiary/aromatic N) is 4. The zero-order chi connectivity index (χ0) is 25.4. The number of fused-ring (bicyclic) bond motifs is 1. The van der Waals surface area contributed by atoms with Crippen molar-refractivity contribution in [1.82, 2.24) is 19.5 Å². The Labute approximate surface area is 217 Å². The molecule has 0 saturated heterocycles. The number of hydrogen-bond donors (Lipinski definition) is 3. The van der Waals surface area contributed by atoms with Crippen LogP contribution in [0.15, 0.2) is 24.4 Å². The Bertz CT molecular complexity index is 1270. The van der Waals surface area contributed by atoms with E-state index in [0.717, 1.165) is 12.8 Å². The molecule has 2 saturated carbocycles. The molecule has 12 heteroatoms. The molecule has 5 rings (SSSR count). The van der Waals surface area contributed by atoms with Gasteiger partial charge in [-0.15, -0.1) is 0 Å². The van der Waals surface area contributed by atoms with Crippen LogP contribution in [0.5, 0.6) is 0 Å². The number of halogens is 4. The van der Waals surface area contributed by atoms with Crippen molar-refractivity contribution in [2.75, 3.05) is 10.6 Å². The number of alkyl halides is 2. The Hall–Kier alpha value is -2.72. The number of imidazole rings is 1. The maximum Gasteiger partial charge on any atom is 0.248 e. The van der Waals surface area contributed by atoms with E-state index < -0.39 is 5.92 Å². The highest BCUT2D eigenvalue weighted by molar-refractivity contribution is 6.36. The van der Waals surface area contributed by atoms with Gasteiger partial charge in [-0.2, -0.15) is 4.98 Å². The van der Waals surface area contributed by atoms with Crippen molar-refractivity contribution >= 4 is 57.9 Å². The fourth-order valence-electron chi connectivity index (χ4n) is 5.09. The number of carbonyl (C=O) groups excluding carboxylic acids is 1. The fourth-order valence-corrected chi connectivity index (χ4v) is 5.55. The summed E-state index contributed by atoms with van der Waals surface area (Å²) in [7, 11) is 0. The van der Waals surface area contributed by atoms with Gasteiger partial charge in [0.1, 0.15) is 5.52 Å². The van der Waals surface area contributed by atoms with E-state index in [1.54, 1.807) is 24.4 Å². The summed E-state index contributed by atoms with van der Waals surface area (Å²) in [5, 5.41) is 7.48. The molecular weight excluding hydrogens is 511 g/mol. The summed E-state index contributed by atoms with van der Waals surface area (Å²) >= 11 is 12.4. The highest BCUT2D eigenvalue weighted by atomic mass is 35.5. The highest BCUT2D eigenvalue weighted by Gasteiger charge is 2.35. The number of aromatic nitrogens is 4. The molecule has 192 valence electrons. The molecule has 36 heavy (non-hydrogen) atoms. The Kier molecular flexibility index (Phi) is 6.91. The molecule has 0 aliphatic heterocycles. The largest absolute Gasteiger partial charge is 0.369 e. The molecule has 0 bridgehead atoms. The second kappa shape index (κ2) is 9.97. The molecule has 2 heterocycles. The molecule has 0 atom stereocenters. The first-order valence-electron chi connectivity index (χ1n) is 12.1. The molecule has 2 aromatic heterocycles. The summed E-state index contributed by atoms with van der Waals surface area (Å²) in [6.07, 6.45) is 4.84. The van der Waals surface area contributed by atoms with Crippen molar-refractivity contribution in [3.8, 4) is 0 Å². The van der Waals surface area contributed by atoms with Gasteiger partial charge in [-0.3, -0.25) is 9.36 Å². The van der Waals surface area contributed by atoms with E-state index in [1.165, 1.54) is 0 Å². The predicted octanol–water partition coefficient (Wildman–Crippen LogP) is 6.08. The Morgan fingerprint density at radius 2 is 1.81 bits per heavy atom. The Balaban J connectivity index is 1.47. The molecule has 0 spiro atoms. The SMILES string of the molecule is NC(=O)[C@H]1CC[C@H](n2c(Nc3ccc(Cl)cc3Cl)nc3cnc(NC4CCC(F)(F)CC4)nc32)CC1. The molecule has 8 nitrogen and oxygen atoms in total. The van der Waals surface area contributed by atoms with Gasteiger partial charge in [-0.05, 0) is 56.7 Å². The van der Waals surface area contributed by atoms with Crippen molar-refractivity contribution in [3.63, 3.8) is 0 Å². The number of nitrogens with two attached hydrogens (primary N) is 1. The van der Waals surface area contributed by atoms with E-state index in [1.807, 2.05) is 4.57 Å². The van der Waals surface area contributed by atoms with Crippen molar-refractivity contribution in [2.24, 2.45) is 11.7 Å². The minimum absolute atomic E-state index is 0.0234. The Morgan fingerprint density at radius 3 is 2.47 bits per heavy atom. The number of benzene rings is 1. The molecule has 2 fully saturated rings. The van der Waals surface area contributed by atoms with Crippen molar-refractivity contribution in [1.29, 1.82) is 0 Å². The van der Waals surface area contributed by atoms with Gasteiger partial charge in [0.25, 0.3) is 0 Å². The summed E-state index contributed by atoms with van der Waals surface area (Å²) in [5.41, 5.74) is 7.37. The lowest BCUT2D eigenvalue weighted by molar-refractivity contribution is -0.122. The smallest absolute Gasteiger partial charge is 0.248 e. The van der Waals surface area contributed by atoms with Crippen molar-refractivity contribution < 1.29 is 13.6 Å². The lowest BCUT2D eigenvalue weighted by Gasteiger charge is -2.29. The average Bonchev–Trinajstić information content (AvgIpc) is 3.19. The second-order valence-corrected chi connectivity index (χ2v) is 10.5. The number of hydrogen-bond acceptors (Lipinski definition) is 6. The zero-order valence-electron chi connectivity index (χ0n) is 19.5. The third kappa shape index (κ3) is 5.34. The number of amides is 1. The van der Waals surface area contributed by atoms with Gasteiger partial charge in [-0.25, -0.2) is 18.7 Å². The lowest BCUT2D eigenvalue weighted by Crippen LogP contribution is -2.32. The van der Waals surface area contributed by atoms with E-state index in [4.69, 9.17) is 38.9 Å². The van der Waals surface area contributed by atoms with Gasteiger partial charge in [-0.1, -0.05) is 23.2 Å². The number of rotatable bonds is 6. The molecule has 1 aromatic carbocycles. The van der Waals surface area contributed by atoms with Crippen LogP contribution in [0.4, 0.5) is 26.4 Å². The van der Waals surface area contributed by atoms with Crippen molar-refractivity contribution in [3.05, 3.63) is 34.4 Å². The highest BCUT2D eigenvalue weighted by Crippen LogP contribution is 2.38. The van der Waals surface area contributed by atoms with Crippen LogP contribution in [0.1, 0.15) is 57.4 Å². The molecule has 1 amide bonds. The molecule has 0 radical (unpaired) electrons. The normalized spacial score (nSPS) is 22.4. The molecule has 4 N–H and O–H groups in total. The standard InChI is InChI=1S/C24H27Cl2F2N7O/c25-14-3-6-18(17(26)11-14)32-23-33-19-12-30-22(31-15-7-9-24(27,28)10-8-15)34-21(19)35(23)16-4-1-13(2-5-16)20(29)36/h3,6,11-13,15-16H,1-2,4-5,7-10H2,(H2,29,36)(H,32,33)(H,30,31,34)/t13-,16-. The van der Waals surface area contributed by atoms with Crippen LogP contribution >= 0.6 is 23.2 Å². The molecular formula is C24H27Cl2F2N7O. The van der Waals surface area contributed by atoms with Gasteiger partial charge < -0.3 is 16.4 Å². The first kappa shape index (κ1) is 25.0. The van der Waals surface area contributed by atoms with Crippen LogP contribution in [-0.2, 0) is 4.79 Å². The van der Waals surface area contributed by atoms with Gasteiger partial charge in [0.2, 0.25) is 23.7 Å². The minimum atomic E-state index is -2.60. The lowest BCUT2D eigenvalue weighted by atomic mass is 9.85. The minimum Gasteiger partial charge on any atom is -0.369 e. The topological polar surface area (TPSA) is 111 Å². The maximum absolute atomic E-state index is 13.6. The van der Waals surface area contributed by atoms with Crippen LogP contribution in [0, 0.1) is 5.92 Å². The monoisotopic (exact) mass is 537 g/mol. The summed E-state index contributed by atoms with van der Waals surface area (Å²) in [6, 6.07) is 5.06. The van der Waals surface area contributed by atoms with Crippen LogP contribution < -0.4 is 16.4 Å². The second-order valence-electron chi connectivity index (χ2n) is 9.64. The zero-order valence-corrected chi connectivity index (χ0v) is 21.0. The predicted molar refractivity (Wildman–Crippen MR) is 136 cm³/mol. The number of anilines is 3. The van der Waals surface area contributed by atoms with Crippen LogP contribution in [0.2, 0.25) is 10.0 Å². The third-order valence-corrected chi connectivity index (χ3v) is 7.67. The van der Waals surface area contributed by atoms with Gasteiger partial charge >= 0.3 is 0 Å². The van der Waals surface area contributed by atoms with Crippen LogP contribution in [-0.4, -0.2) is 37.4 Å². The summed E-state index contributed by atoms with van der Waals surface area (Å²) in [4.78, 5) is 25.6. The summed E-state index contributed by atoms with van der Waals surface area (Å²) in [6.45, 7) is 0. The molecule has 3 aromatic rings.